The van der Waals surface area contributed by atoms with Crippen molar-refractivity contribution in [2.75, 3.05) is 18.0 Å². The summed E-state index contributed by atoms with van der Waals surface area (Å²) in [6.07, 6.45) is 5.78. The lowest BCUT2D eigenvalue weighted by Gasteiger charge is -2.18. The van der Waals surface area contributed by atoms with Gasteiger partial charge in [0.05, 0.1) is 11.4 Å². The topological polar surface area (TPSA) is 84.2 Å². The van der Waals surface area contributed by atoms with Crippen LogP contribution >= 0.6 is 11.8 Å². The maximum absolute atomic E-state index is 12.4. The quantitative estimate of drug-likeness (QED) is 0.287. The van der Waals surface area contributed by atoms with Crippen molar-refractivity contribution in [1.29, 1.82) is 0 Å². The second kappa shape index (κ2) is 10.5. The highest BCUT2D eigenvalue weighted by Gasteiger charge is 2.17. The lowest BCUT2D eigenvalue weighted by Crippen LogP contribution is -2.22. The van der Waals surface area contributed by atoms with Crippen LogP contribution in [0.25, 0.3) is 11.3 Å². The van der Waals surface area contributed by atoms with E-state index in [1.807, 2.05) is 36.4 Å². The van der Waals surface area contributed by atoms with Gasteiger partial charge in [0.2, 0.25) is 0 Å². The molecule has 3 aromatic heterocycles. The van der Waals surface area contributed by atoms with Gasteiger partial charge in [-0.2, -0.15) is 0 Å². The van der Waals surface area contributed by atoms with Crippen LogP contribution in [-0.4, -0.2) is 33.9 Å². The monoisotopic (exact) mass is 471 g/mol. The number of thioether (sulfide) groups is 1. The Morgan fingerprint density at radius 1 is 1.00 bits per heavy atom. The molecule has 34 heavy (non-hydrogen) atoms. The number of amides is 1. The second-order valence-corrected chi connectivity index (χ2v) is 8.99. The molecule has 1 amide bonds. The SMILES string of the molecule is O=C(NCc1ccncc1)c1ccc(CSc2nc(-c3ccccc3)cc(N3CCCC3)n2)o1. The van der Waals surface area contributed by atoms with Gasteiger partial charge < -0.3 is 14.6 Å². The summed E-state index contributed by atoms with van der Waals surface area (Å²) in [5.41, 5.74) is 2.96. The molecular weight excluding hydrogens is 446 g/mol. The first kappa shape index (κ1) is 22.2. The minimum Gasteiger partial charge on any atom is -0.455 e. The molecule has 0 bridgehead atoms. The molecule has 1 fully saturated rings. The maximum atomic E-state index is 12.4. The highest BCUT2D eigenvalue weighted by atomic mass is 32.2. The Balaban J connectivity index is 1.27. The summed E-state index contributed by atoms with van der Waals surface area (Å²) < 4.78 is 5.79. The van der Waals surface area contributed by atoms with Gasteiger partial charge >= 0.3 is 0 Å². The van der Waals surface area contributed by atoms with Gasteiger partial charge in [0.25, 0.3) is 5.91 Å². The van der Waals surface area contributed by atoms with E-state index in [1.165, 1.54) is 24.6 Å². The number of nitrogens with one attached hydrogen (secondary N) is 1. The van der Waals surface area contributed by atoms with E-state index in [-0.39, 0.29) is 5.91 Å². The molecule has 1 N–H and O–H groups in total. The van der Waals surface area contributed by atoms with Crippen molar-refractivity contribution in [3.05, 3.63) is 90.1 Å². The van der Waals surface area contributed by atoms with Gasteiger partial charge in [-0.1, -0.05) is 42.1 Å². The van der Waals surface area contributed by atoms with Crippen LogP contribution in [0.1, 0.15) is 34.7 Å². The third kappa shape index (κ3) is 5.46. The molecule has 5 rings (SSSR count). The molecule has 0 spiro atoms. The van der Waals surface area contributed by atoms with Gasteiger partial charge in [-0.3, -0.25) is 9.78 Å². The van der Waals surface area contributed by atoms with Gasteiger partial charge in [-0.15, -0.1) is 0 Å². The second-order valence-electron chi connectivity index (χ2n) is 8.05. The van der Waals surface area contributed by atoms with Crippen LogP contribution in [0.15, 0.2) is 82.6 Å². The molecule has 7 nitrogen and oxygen atoms in total. The van der Waals surface area contributed by atoms with Crippen molar-refractivity contribution in [3.63, 3.8) is 0 Å². The van der Waals surface area contributed by atoms with Crippen molar-refractivity contribution in [2.24, 2.45) is 0 Å². The summed E-state index contributed by atoms with van der Waals surface area (Å²) in [5, 5.41) is 3.57. The lowest BCUT2D eigenvalue weighted by molar-refractivity contribution is 0.0921. The third-order valence-corrected chi connectivity index (χ3v) is 6.49. The highest BCUT2D eigenvalue weighted by molar-refractivity contribution is 7.98. The number of aromatic nitrogens is 3. The first-order valence-corrected chi connectivity index (χ1v) is 12.3. The fraction of sp³-hybridized carbons (Fsp3) is 0.231. The predicted molar refractivity (Wildman–Crippen MR) is 133 cm³/mol. The molecule has 1 aromatic carbocycles. The summed E-state index contributed by atoms with van der Waals surface area (Å²) in [6, 6.07) is 19.5. The number of rotatable bonds is 8. The number of furan rings is 1. The Labute approximate surface area is 202 Å². The first-order chi connectivity index (χ1) is 16.7. The molecule has 4 heterocycles. The Morgan fingerprint density at radius 2 is 1.79 bits per heavy atom. The van der Waals surface area contributed by atoms with E-state index < -0.39 is 0 Å². The Kier molecular flexibility index (Phi) is 6.86. The van der Waals surface area contributed by atoms with Crippen LogP contribution in [0.5, 0.6) is 0 Å². The van der Waals surface area contributed by atoms with Crippen molar-refractivity contribution in [1.82, 2.24) is 20.3 Å². The zero-order valence-electron chi connectivity index (χ0n) is 18.7. The minimum atomic E-state index is -0.244. The summed E-state index contributed by atoms with van der Waals surface area (Å²) in [6.45, 7) is 2.46. The third-order valence-electron chi connectivity index (χ3n) is 5.62. The van der Waals surface area contributed by atoms with E-state index in [0.717, 1.165) is 35.7 Å². The predicted octanol–water partition coefficient (Wildman–Crippen LogP) is 4.95. The largest absolute Gasteiger partial charge is 0.455 e. The van der Waals surface area contributed by atoms with E-state index in [4.69, 9.17) is 14.4 Å². The van der Waals surface area contributed by atoms with Gasteiger partial charge in [-0.25, -0.2) is 9.97 Å². The molecule has 1 saturated heterocycles. The zero-order valence-corrected chi connectivity index (χ0v) is 19.5. The number of carbonyl (C=O) groups is 1. The van der Waals surface area contributed by atoms with E-state index in [0.29, 0.717) is 29.0 Å². The van der Waals surface area contributed by atoms with Gasteiger partial charge in [0, 0.05) is 43.7 Å². The molecule has 0 unspecified atom stereocenters. The maximum Gasteiger partial charge on any atom is 0.287 e. The van der Waals surface area contributed by atoms with E-state index in [9.17, 15) is 4.79 Å². The van der Waals surface area contributed by atoms with Crippen LogP contribution in [0.3, 0.4) is 0 Å². The van der Waals surface area contributed by atoms with Crippen LogP contribution in [0.2, 0.25) is 0 Å². The van der Waals surface area contributed by atoms with Crippen LogP contribution < -0.4 is 10.2 Å². The normalized spacial score (nSPS) is 13.2. The zero-order chi connectivity index (χ0) is 23.2. The standard InChI is InChI=1S/C26H25N5O2S/c32-25(28-17-19-10-12-27-13-11-19)23-9-8-21(33-23)18-34-26-29-22(20-6-2-1-3-7-20)16-24(30-26)31-14-4-5-15-31/h1-3,6-13,16H,4-5,14-15,17-18H2,(H,28,32). The average molecular weight is 472 g/mol. The summed E-state index contributed by atoms with van der Waals surface area (Å²) in [7, 11) is 0. The van der Waals surface area contributed by atoms with Crippen molar-refractivity contribution < 1.29 is 9.21 Å². The van der Waals surface area contributed by atoms with Crippen molar-refractivity contribution in [3.8, 4) is 11.3 Å². The number of hydrogen-bond donors (Lipinski definition) is 1. The number of benzene rings is 1. The van der Waals surface area contributed by atoms with Gasteiger partial charge in [-0.05, 0) is 42.7 Å². The molecule has 0 aliphatic carbocycles. The average Bonchev–Trinajstić information content (AvgIpc) is 3.60. The molecule has 0 saturated carbocycles. The van der Waals surface area contributed by atoms with Crippen molar-refractivity contribution in [2.45, 2.75) is 30.3 Å². The number of carbonyl (C=O) groups excluding carboxylic acids is 1. The van der Waals surface area contributed by atoms with E-state index in [2.05, 4.69) is 33.4 Å². The molecule has 172 valence electrons. The van der Waals surface area contributed by atoms with Crippen LogP contribution in [0, 0.1) is 0 Å². The van der Waals surface area contributed by atoms with Gasteiger partial charge in [0.1, 0.15) is 11.6 Å². The number of anilines is 1. The highest BCUT2D eigenvalue weighted by Crippen LogP contribution is 2.29. The molecule has 8 heteroatoms. The lowest BCUT2D eigenvalue weighted by atomic mass is 10.1. The van der Waals surface area contributed by atoms with Crippen LogP contribution in [0.4, 0.5) is 5.82 Å². The van der Waals surface area contributed by atoms with Crippen LogP contribution in [-0.2, 0) is 12.3 Å². The van der Waals surface area contributed by atoms with Gasteiger partial charge in [0.15, 0.2) is 10.9 Å². The smallest absolute Gasteiger partial charge is 0.287 e. The molecule has 4 aromatic rings. The molecule has 1 aliphatic heterocycles. The number of nitrogens with zero attached hydrogens (tertiary/aromatic N) is 4. The molecule has 0 radical (unpaired) electrons. The van der Waals surface area contributed by atoms with E-state index >= 15 is 0 Å². The minimum absolute atomic E-state index is 0.244. The summed E-state index contributed by atoms with van der Waals surface area (Å²) >= 11 is 1.51. The Morgan fingerprint density at radius 3 is 2.59 bits per heavy atom. The number of hydrogen-bond acceptors (Lipinski definition) is 7. The first-order valence-electron chi connectivity index (χ1n) is 11.3. The fourth-order valence-electron chi connectivity index (χ4n) is 3.83. The Hall–Kier alpha value is -3.65. The molecule has 1 aliphatic rings. The molecular formula is C26H25N5O2S. The van der Waals surface area contributed by atoms with E-state index in [1.54, 1.807) is 18.5 Å². The Bertz CT molecular complexity index is 1240. The van der Waals surface area contributed by atoms with Crippen molar-refractivity contribution >= 4 is 23.5 Å². The fourth-order valence-corrected chi connectivity index (χ4v) is 4.57. The number of pyridine rings is 1. The summed E-state index contributed by atoms with van der Waals surface area (Å²) in [4.78, 5) is 28.3. The summed E-state index contributed by atoms with van der Waals surface area (Å²) in [5.74, 6) is 2.25. The molecule has 0 atom stereocenters.